The molecule has 0 bridgehead atoms. The maximum absolute atomic E-state index is 12.4. The van der Waals surface area contributed by atoms with Crippen LogP contribution >= 0.6 is 0 Å². The molecule has 1 aliphatic rings. The summed E-state index contributed by atoms with van der Waals surface area (Å²) in [6.07, 6.45) is 8.80. The molecule has 0 unspecified atom stereocenters. The summed E-state index contributed by atoms with van der Waals surface area (Å²) < 4.78 is 2.01. The number of fused-ring (bicyclic) bond motifs is 1. The Bertz CT molecular complexity index is 970. The largest absolute Gasteiger partial charge is 0.399 e. The molecule has 1 aliphatic carbocycles. The molecule has 1 aromatic heterocycles. The molecular weight excluding hydrogens is 372 g/mol. The molecule has 0 aliphatic heterocycles. The van der Waals surface area contributed by atoms with Crippen LogP contribution in [-0.2, 0) is 11.3 Å². The summed E-state index contributed by atoms with van der Waals surface area (Å²) in [5, 5.41) is 7.67. The Morgan fingerprint density at radius 1 is 0.967 bits per heavy atom. The number of rotatable bonds is 8. The maximum atomic E-state index is 12.4. The lowest BCUT2D eigenvalue weighted by Gasteiger charge is -2.21. The zero-order valence-electron chi connectivity index (χ0n) is 17.6. The third-order valence-electron chi connectivity index (χ3n) is 6.11. The van der Waals surface area contributed by atoms with Crippen LogP contribution < -0.4 is 16.4 Å². The molecular formula is C25H32N4O. The molecule has 2 aromatic carbocycles. The Morgan fingerprint density at radius 3 is 2.53 bits per heavy atom. The molecule has 5 heteroatoms. The van der Waals surface area contributed by atoms with Gasteiger partial charge in [0.2, 0.25) is 5.91 Å². The second-order valence-electron chi connectivity index (χ2n) is 8.40. The van der Waals surface area contributed by atoms with E-state index >= 15 is 0 Å². The zero-order valence-corrected chi connectivity index (χ0v) is 17.6. The van der Waals surface area contributed by atoms with E-state index in [1.165, 1.54) is 32.1 Å². The Labute approximate surface area is 178 Å². The summed E-state index contributed by atoms with van der Waals surface area (Å²) in [6.45, 7) is 2.90. The number of nitrogen functional groups attached to an aromatic ring is 1. The topological polar surface area (TPSA) is 72.1 Å². The third kappa shape index (κ3) is 5.22. The van der Waals surface area contributed by atoms with E-state index in [2.05, 4.69) is 34.9 Å². The van der Waals surface area contributed by atoms with Gasteiger partial charge in [0.1, 0.15) is 6.54 Å². The third-order valence-corrected chi connectivity index (χ3v) is 6.11. The van der Waals surface area contributed by atoms with Crippen molar-refractivity contribution in [3.63, 3.8) is 0 Å². The lowest BCUT2D eigenvalue weighted by Crippen LogP contribution is -2.35. The number of anilines is 1. The molecule has 0 atom stereocenters. The number of nitrogens with zero attached hydrogens (tertiary/aromatic N) is 1. The van der Waals surface area contributed by atoms with Crippen LogP contribution in [0.3, 0.4) is 0 Å². The molecule has 30 heavy (non-hydrogen) atoms. The second-order valence-corrected chi connectivity index (χ2v) is 8.40. The van der Waals surface area contributed by atoms with E-state index in [0.29, 0.717) is 13.1 Å². The molecule has 158 valence electrons. The van der Waals surface area contributed by atoms with E-state index in [1.54, 1.807) is 0 Å². The Morgan fingerprint density at radius 2 is 1.73 bits per heavy atom. The van der Waals surface area contributed by atoms with Gasteiger partial charge in [-0.25, -0.2) is 0 Å². The average molecular weight is 405 g/mol. The van der Waals surface area contributed by atoms with Crippen LogP contribution in [0.25, 0.3) is 22.0 Å². The number of amides is 1. The van der Waals surface area contributed by atoms with Crippen LogP contribution in [0, 0.1) is 5.92 Å². The zero-order chi connectivity index (χ0) is 20.8. The average Bonchev–Trinajstić information content (AvgIpc) is 3.16. The van der Waals surface area contributed by atoms with Crippen LogP contribution in [0.15, 0.2) is 54.7 Å². The number of nitrogens with two attached hydrogens (primary N) is 1. The summed E-state index contributed by atoms with van der Waals surface area (Å²) in [5.41, 5.74) is 9.86. The predicted molar refractivity (Wildman–Crippen MR) is 124 cm³/mol. The number of carbonyl (C=O) groups is 1. The van der Waals surface area contributed by atoms with Crippen LogP contribution in [0.1, 0.15) is 32.1 Å². The van der Waals surface area contributed by atoms with Crippen molar-refractivity contribution in [1.29, 1.82) is 0 Å². The highest BCUT2D eigenvalue weighted by atomic mass is 16.1. The summed E-state index contributed by atoms with van der Waals surface area (Å²) in [5.74, 6) is 0.862. The van der Waals surface area contributed by atoms with Gasteiger partial charge >= 0.3 is 0 Å². The molecule has 0 spiro atoms. The number of carbonyl (C=O) groups excluding carboxylic acids is 1. The van der Waals surface area contributed by atoms with Crippen molar-refractivity contribution in [1.82, 2.24) is 15.2 Å². The number of nitrogens with one attached hydrogen (secondary N) is 2. The van der Waals surface area contributed by atoms with E-state index in [1.807, 2.05) is 35.0 Å². The predicted octanol–water partition coefficient (Wildman–Crippen LogP) is 4.18. The van der Waals surface area contributed by atoms with Gasteiger partial charge in [0.05, 0.1) is 0 Å². The minimum Gasteiger partial charge on any atom is -0.399 e. The SMILES string of the molecule is Nc1ccc(-c2ccc3ccn(CC(=O)NCCNCC4CCCCC4)c3c2)cc1. The fraction of sp³-hybridized carbons (Fsp3) is 0.400. The molecule has 4 N–H and O–H groups in total. The van der Waals surface area contributed by atoms with E-state index in [4.69, 9.17) is 5.73 Å². The smallest absolute Gasteiger partial charge is 0.239 e. The van der Waals surface area contributed by atoms with Gasteiger partial charge in [0.25, 0.3) is 0 Å². The van der Waals surface area contributed by atoms with Crippen molar-refractivity contribution in [3.8, 4) is 11.1 Å². The first-order chi connectivity index (χ1) is 14.7. The van der Waals surface area contributed by atoms with E-state index in [9.17, 15) is 4.79 Å². The highest BCUT2D eigenvalue weighted by Gasteiger charge is 2.12. The van der Waals surface area contributed by atoms with Crippen LogP contribution in [0.2, 0.25) is 0 Å². The number of hydrogen-bond acceptors (Lipinski definition) is 3. The molecule has 0 radical (unpaired) electrons. The first-order valence-corrected chi connectivity index (χ1v) is 11.1. The summed E-state index contributed by atoms with van der Waals surface area (Å²) in [4.78, 5) is 12.4. The molecule has 1 saturated carbocycles. The van der Waals surface area contributed by atoms with Crippen molar-refractivity contribution in [2.75, 3.05) is 25.4 Å². The van der Waals surface area contributed by atoms with E-state index < -0.39 is 0 Å². The van der Waals surface area contributed by atoms with Crippen molar-refractivity contribution in [2.24, 2.45) is 5.92 Å². The van der Waals surface area contributed by atoms with Gasteiger partial charge in [-0.3, -0.25) is 4.79 Å². The number of aromatic nitrogens is 1. The van der Waals surface area contributed by atoms with E-state index in [-0.39, 0.29) is 5.91 Å². The van der Waals surface area contributed by atoms with Crippen molar-refractivity contribution in [3.05, 3.63) is 54.7 Å². The van der Waals surface area contributed by atoms with Gasteiger partial charge in [-0.15, -0.1) is 0 Å². The monoisotopic (exact) mass is 404 g/mol. The molecule has 1 fully saturated rings. The van der Waals surface area contributed by atoms with Gasteiger partial charge < -0.3 is 20.9 Å². The number of benzene rings is 2. The van der Waals surface area contributed by atoms with Crippen molar-refractivity contribution >= 4 is 22.5 Å². The molecule has 1 amide bonds. The highest BCUT2D eigenvalue weighted by Crippen LogP contribution is 2.26. The van der Waals surface area contributed by atoms with Gasteiger partial charge in [-0.1, -0.05) is 43.5 Å². The Hall–Kier alpha value is -2.79. The standard InChI is InChI=1S/C25H32N4O/c26-23-10-8-20(9-11-23)22-7-6-21-12-15-29(24(21)16-22)18-25(30)28-14-13-27-17-19-4-2-1-3-5-19/h6-12,15-16,19,27H,1-5,13-14,17-18,26H2,(H,28,30). The number of hydrogen-bond donors (Lipinski definition) is 3. The van der Waals surface area contributed by atoms with Crippen LogP contribution in [0.5, 0.6) is 0 Å². The molecule has 0 saturated heterocycles. The molecule has 4 rings (SSSR count). The molecule has 3 aromatic rings. The summed E-state index contributed by atoms with van der Waals surface area (Å²) in [7, 11) is 0. The van der Waals surface area contributed by atoms with Gasteiger partial charge in [-0.05, 0) is 66.1 Å². The van der Waals surface area contributed by atoms with Gasteiger partial charge in [0, 0.05) is 30.5 Å². The van der Waals surface area contributed by atoms with E-state index in [0.717, 1.165) is 46.7 Å². The lowest BCUT2D eigenvalue weighted by molar-refractivity contribution is -0.121. The first-order valence-electron chi connectivity index (χ1n) is 11.1. The van der Waals surface area contributed by atoms with Crippen molar-refractivity contribution in [2.45, 2.75) is 38.6 Å². The van der Waals surface area contributed by atoms with Gasteiger partial charge in [-0.2, -0.15) is 0 Å². The maximum Gasteiger partial charge on any atom is 0.239 e. The van der Waals surface area contributed by atoms with Gasteiger partial charge in [0.15, 0.2) is 0 Å². The normalized spacial score (nSPS) is 14.8. The fourth-order valence-electron chi connectivity index (χ4n) is 4.38. The minimum absolute atomic E-state index is 0.0462. The summed E-state index contributed by atoms with van der Waals surface area (Å²) >= 11 is 0. The summed E-state index contributed by atoms with van der Waals surface area (Å²) in [6, 6.07) is 16.3. The molecule has 5 nitrogen and oxygen atoms in total. The second kappa shape index (κ2) is 9.81. The van der Waals surface area contributed by atoms with Crippen LogP contribution in [-0.4, -0.2) is 30.1 Å². The van der Waals surface area contributed by atoms with Crippen LogP contribution in [0.4, 0.5) is 5.69 Å². The lowest BCUT2D eigenvalue weighted by atomic mass is 9.89. The Kier molecular flexibility index (Phi) is 6.70. The van der Waals surface area contributed by atoms with Crippen molar-refractivity contribution < 1.29 is 4.79 Å². The Balaban J connectivity index is 1.30. The first kappa shape index (κ1) is 20.5. The fourth-order valence-corrected chi connectivity index (χ4v) is 4.38. The minimum atomic E-state index is 0.0462. The molecule has 1 heterocycles. The quantitative estimate of drug-likeness (QED) is 0.390. The highest BCUT2D eigenvalue weighted by molar-refractivity contribution is 5.87.